The number of rotatable bonds is 9. The zero-order chi connectivity index (χ0) is 12.9. The van der Waals surface area contributed by atoms with Gasteiger partial charge in [0.25, 0.3) is 0 Å². The zero-order valence-electron chi connectivity index (χ0n) is 12.1. The molecule has 1 rings (SSSR count). The molecule has 0 spiro atoms. The molecule has 17 heavy (non-hydrogen) atoms. The Morgan fingerprint density at radius 3 is 1.88 bits per heavy atom. The monoisotopic (exact) mass is 258 g/mol. The summed E-state index contributed by atoms with van der Waals surface area (Å²) in [5.41, 5.74) is 0. The highest BCUT2D eigenvalue weighted by molar-refractivity contribution is 6.44. The summed E-state index contributed by atoms with van der Waals surface area (Å²) >= 11 is 0. The van der Waals surface area contributed by atoms with Gasteiger partial charge < -0.3 is 8.85 Å². The van der Waals surface area contributed by atoms with Crippen LogP contribution in [0.2, 0.25) is 6.04 Å². The van der Waals surface area contributed by atoms with Crippen LogP contribution >= 0.6 is 0 Å². The molecule has 3 heteroatoms. The molecule has 0 N–H and O–H groups in total. The van der Waals surface area contributed by atoms with Crippen LogP contribution < -0.4 is 0 Å². The molecule has 0 aromatic carbocycles. The van der Waals surface area contributed by atoms with Gasteiger partial charge in [0.15, 0.2) is 0 Å². The molecule has 1 aliphatic rings. The van der Waals surface area contributed by atoms with E-state index in [4.69, 9.17) is 8.85 Å². The van der Waals surface area contributed by atoms with E-state index in [-0.39, 0.29) is 0 Å². The Balaban J connectivity index is 0.000000302. The maximum Gasteiger partial charge on any atom is 0.321 e. The molecule has 0 aromatic heterocycles. The Labute approximate surface area is 109 Å². The van der Waals surface area contributed by atoms with Crippen molar-refractivity contribution in [2.24, 2.45) is 5.92 Å². The number of allylic oxidation sites excluding steroid dienone is 2. The topological polar surface area (TPSA) is 18.5 Å². The van der Waals surface area contributed by atoms with Crippen molar-refractivity contribution < 1.29 is 8.85 Å². The molecule has 0 amide bonds. The highest BCUT2D eigenvalue weighted by atomic mass is 28.3. The van der Waals surface area contributed by atoms with Gasteiger partial charge in [0.2, 0.25) is 0 Å². The van der Waals surface area contributed by atoms with Crippen LogP contribution in [0.25, 0.3) is 0 Å². The van der Waals surface area contributed by atoms with E-state index >= 15 is 0 Å². The summed E-state index contributed by atoms with van der Waals surface area (Å²) in [5.74, 6) is 0.904. The Hall–Kier alpha value is -0.123. The molecule has 0 atom stereocenters. The standard InChI is InChI=1S/C8H14.C6H16O2Si/c1-2-3-4-5-8-6-7-8;1-4-7-9(6-3)8-5-2/h6-8H,2-5H2,1H3;9H,4-6H2,1-3H3. The van der Waals surface area contributed by atoms with Gasteiger partial charge in [-0.25, -0.2) is 0 Å². The molecule has 0 bridgehead atoms. The third kappa shape index (κ3) is 12.1. The van der Waals surface area contributed by atoms with E-state index in [1.807, 2.05) is 13.8 Å². The summed E-state index contributed by atoms with van der Waals surface area (Å²) < 4.78 is 10.7. The van der Waals surface area contributed by atoms with Crippen LogP contribution in [0.3, 0.4) is 0 Å². The summed E-state index contributed by atoms with van der Waals surface area (Å²) in [6, 6.07) is 1.07. The van der Waals surface area contributed by atoms with E-state index in [0.29, 0.717) is 0 Å². The molecule has 1 aliphatic carbocycles. The van der Waals surface area contributed by atoms with Gasteiger partial charge in [0, 0.05) is 13.2 Å². The second-order valence-electron chi connectivity index (χ2n) is 4.29. The van der Waals surface area contributed by atoms with Gasteiger partial charge in [-0.2, -0.15) is 0 Å². The fourth-order valence-corrected chi connectivity index (χ4v) is 2.87. The van der Waals surface area contributed by atoms with E-state index in [9.17, 15) is 0 Å². The van der Waals surface area contributed by atoms with E-state index in [1.54, 1.807) is 0 Å². The van der Waals surface area contributed by atoms with Gasteiger partial charge in [-0.1, -0.05) is 45.3 Å². The average Bonchev–Trinajstić information content (AvgIpc) is 3.14. The van der Waals surface area contributed by atoms with Crippen molar-refractivity contribution in [1.82, 2.24) is 0 Å². The third-order valence-electron chi connectivity index (χ3n) is 2.64. The first-order valence-corrected chi connectivity index (χ1v) is 8.95. The zero-order valence-corrected chi connectivity index (χ0v) is 13.2. The van der Waals surface area contributed by atoms with Gasteiger partial charge in [-0.15, -0.1) is 0 Å². The molecule has 2 nitrogen and oxygen atoms in total. The second kappa shape index (κ2) is 12.3. The third-order valence-corrected chi connectivity index (χ3v) is 4.72. The summed E-state index contributed by atoms with van der Waals surface area (Å²) in [5, 5.41) is 0. The van der Waals surface area contributed by atoms with Crippen LogP contribution in [-0.4, -0.2) is 22.5 Å². The van der Waals surface area contributed by atoms with Gasteiger partial charge >= 0.3 is 9.28 Å². The van der Waals surface area contributed by atoms with E-state index < -0.39 is 9.28 Å². The minimum Gasteiger partial charge on any atom is -0.397 e. The lowest BCUT2D eigenvalue weighted by molar-refractivity contribution is 0.214. The van der Waals surface area contributed by atoms with Crippen LogP contribution in [0.4, 0.5) is 0 Å². The van der Waals surface area contributed by atoms with Gasteiger partial charge in [-0.3, -0.25) is 0 Å². The highest BCUT2D eigenvalue weighted by Gasteiger charge is 2.08. The fourth-order valence-electron chi connectivity index (χ4n) is 1.56. The number of hydrogen-bond acceptors (Lipinski definition) is 2. The van der Waals surface area contributed by atoms with Crippen molar-refractivity contribution in [2.45, 2.75) is 59.4 Å². The lowest BCUT2D eigenvalue weighted by Gasteiger charge is -2.11. The van der Waals surface area contributed by atoms with Crippen molar-refractivity contribution in [3.63, 3.8) is 0 Å². The van der Waals surface area contributed by atoms with Crippen LogP contribution in [-0.2, 0) is 8.85 Å². The highest BCUT2D eigenvalue weighted by Crippen LogP contribution is 2.22. The molecule has 0 aliphatic heterocycles. The molecule has 0 fully saturated rings. The smallest absolute Gasteiger partial charge is 0.321 e. The van der Waals surface area contributed by atoms with Crippen LogP contribution in [0.1, 0.15) is 53.4 Å². The lowest BCUT2D eigenvalue weighted by Crippen LogP contribution is -2.21. The van der Waals surface area contributed by atoms with E-state index in [1.165, 1.54) is 25.7 Å². The summed E-state index contributed by atoms with van der Waals surface area (Å²) in [4.78, 5) is 0. The predicted octanol–water partition coefficient (Wildman–Crippen LogP) is 4.05. The number of hydrogen-bond donors (Lipinski definition) is 0. The van der Waals surface area contributed by atoms with Crippen molar-refractivity contribution in [3.05, 3.63) is 12.2 Å². The fraction of sp³-hybridized carbons (Fsp3) is 0.857. The minimum absolute atomic E-state index is 0.796. The molecule has 0 radical (unpaired) electrons. The van der Waals surface area contributed by atoms with Crippen molar-refractivity contribution >= 4 is 9.28 Å². The first-order chi connectivity index (χ1) is 8.28. The lowest BCUT2D eigenvalue weighted by atomic mass is 10.1. The largest absolute Gasteiger partial charge is 0.397 e. The molecule has 0 unspecified atom stereocenters. The summed E-state index contributed by atoms with van der Waals surface area (Å²) in [6.07, 6.45) is 10.2. The Morgan fingerprint density at radius 2 is 1.53 bits per heavy atom. The molecule has 0 saturated heterocycles. The van der Waals surface area contributed by atoms with Gasteiger partial charge in [0.05, 0.1) is 0 Å². The Kier molecular flexibility index (Phi) is 12.2. The van der Waals surface area contributed by atoms with E-state index in [2.05, 4.69) is 26.0 Å². The van der Waals surface area contributed by atoms with Crippen molar-refractivity contribution in [3.8, 4) is 0 Å². The van der Waals surface area contributed by atoms with Gasteiger partial charge in [0.1, 0.15) is 0 Å². The predicted molar refractivity (Wildman–Crippen MR) is 77.7 cm³/mol. The minimum atomic E-state index is -1.21. The summed E-state index contributed by atoms with van der Waals surface area (Å²) in [7, 11) is -1.21. The van der Waals surface area contributed by atoms with E-state index in [0.717, 1.165) is 25.2 Å². The van der Waals surface area contributed by atoms with Crippen molar-refractivity contribution in [2.75, 3.05) is 13.2 Å². The summed E-state index contributed by atoms with van der Waals surface area (Å²) in [6.45, 7) is 9.97. The first kappa shape index (κ1) is 16.9. The molecular weight excluding hydrogens is 228 g/mol. The van der Waals surface area contributed by atoms with Crippen molar-refractivity contribution in [1.29, 1.82) is 0 Å². The SMILES string of the molecule is CCCCCC1C=C1.CCO[SiH](CC)OCC. The number of unbranched alkanes of at least 4 members (excludes halogenated alkanes) is 2. The second-order valence-corrected chi connectivity index (χ2v) is 6.64. The first-order valence-electron chi connectivity index (χ1n) is 7.19. The van der Waals surface area contributed by atoms with Crippen LogP contribution in [0.15, 0.2) is 12.2 Å². The molecule has 0 heterocycles. The molecule has 0 saturated carbocycles. The maximum atomic E-state index is 5.35. The molecule has 0 aromatic rings. The normalized spacial score (nSPS) is 13.7. The van der Waals surface area contributed by atoms with Crippen LogP contribution in [0.5, 0.6) is 0 Å². The molecule has 102 valence electrons. The molecular formula is C14H30O2Si. The Morgan fingerprint density at radius 1 is 0.941 bits per heavy atom. The maximum absolute atomic E-state index is 5.35. The Bertz CT molecular complexity index is 171. The van der Waals surface area contributed by atoms with Gasteiger partial charge in [-0.05, 0) is 32.2 Å². The quantitative estimate of drug-likeness (QED) is 0.353. The average molecular weight is 258 g/mol. The van der Waals surface area contributed by atoms with Crippen LogP contribution in [0, 0.1) is 5.92 Å².